The van der Waals surface area contributed by atoms with Crippen LogP contribution in [-0.4, -0.2) is 29.7 Å². The van der Waals surface area contributed by atoms with Crippen LogP contribution < -0.4 is 10.6 Å². The highest BCUT2D eigenvalue weighted by atomic mass is 16.4. The lowest BCUT2D eigenvalue weighted by Crippen LogP contribution is -2.25. The molecule has 2 rings (SSSR count). The van der Waals surface area contributed by atoms with Crippen molar-refractivity contribution in [2.24, 2.45) is 0 Å². The lowest BCUT2D eigenvalue weighted by molar-refractivity contribution is -0.135. The third kappa shape index (κ3) is 2.13. The third-order valence-electron chi connectivity index (χ3n) is 2.61. The van der Waals surface area contributed by atoms with Crippen molar-refractivity contribution in [1.82, 2.24) is 4.98 Å². The van der Waals surface area contributed by atoms with Crippen molar-refractivity contribution in [3.05, 3.63) is 30.6 Å². The van der Waals surface area contributed by atoms with Crippen LogP contribution in [0.2, 0.25) is 0 Å². The highest BCUT2D eigenvalue weighted by Gasteiger charge is 2.10. The van der Waals surface area contributed by atoms with Gasteiger partial charge in [-0.2, -0.15) is 0 Å². The van der Waals surface area contributed by atoms with Crippen LogP contribution in [0.4, 0.5) is 11.4 Å². The lowest BCUT2D eigenvalue weighted by Gasteiger charge is -2.19. The van der Waals surface area contributed by atoms with E-state index in [1.54, 1.807) is 30.4 Å². The minimum absolute atomic E-state index is 0.0542. The maximum Gasteiger partial charge on any atom is 0.323 e. The molecule has 0 saturated carbocycles. The number of carboxylic acids is 1. The predicted octanol–water partition coefficient (Wildman–Crippen LogP) is 1.34. The number of carbonyl (C=O) groups is 1. The van der Waals surface area contributed by atoms with Gasteiger partial charge in [0.1, 0.15) is 6.54 Å². The molecular weight excluding hydrogens is 218 g/mol. The van der Waals surface area contributed by atoms with Crippen LogP contribution in [0.15, 0.2) is 30.6 Å². The molecule has 0 spiro atoms. The summed E-state index contributed by atoms with van der Waals surface area (Å²) in [7, 11) is 1.74. The highest BCUT2D eigenvalue weighted by Crippen LogP contribution is 2.29. The molecule has 5 heteroatoms. The first kappa shape index (κ1) is 11.2. The first-order valence-corrected chi connectivity index (χ1v) is 5.14. The molecular formula is C12H13N3O2. The zero-order valence-electron chi connectivity index (χ0n) is 9.42. The number of aromatic nitrogens is 1. The van der Waals surface area contributed by atoms with Crippen LogP contribution >= 0.6 is 0 Å². The van der Waals surface area contributed by atoms with Crippen molar-refractivity contribution in [2.45, 2.75) is 0 Å². The Labute approximate surface area is 98.5 Å². The van der Waals surface area contributed by atoms with Gasteiger partial charge in [0.2, 0.25) is 0 Å². The highest BCUT2D eigenvalue weighted by molar-refractivity contribution is 6.01. The largest absolute Gasteiger partial charge is 0.480 e. The van der Waals surface area contributed by atoms with E-state index in [-0.39, 0.29) is 6.54 Å². The van der Waals surface area contributed by atoms with Crippen molar-refractivity contribution in [3.63, 3.8) is 0 Å². The van der Waals surface area contributed by atoms with E-state index in [0.29, 0.717) is 5.69 Å². The van der Waals surface area contributed by atoms with E-state index in [4.69, 9.17) is 10.8 Å². The fraction of sp³-hybridized carbons (Fsp3) is 0.167. The Hall–Kier alpha value is -2.30. The Morgan fingerprint density at radius 3 is 2.88 bits per heavy atom. The number of likely N-dealkylation sites (N-methyl/N-ethyl adjacent to an activating group) is 1. The molecule has 1 aromatic carbocycles. The van der Waals surface area contributed by atoms with Gasteiger partial charge >= 0.3 is 5.97 Å². The molecule has 0 bridgehead atoms. The van der Waals surface area contributed by atoms with Gasteiger partial charge in [-0.1, -0.05) is 0 Å². The number of rotatable bonds is 3. The van der Waals surface area contributed by atoms with Crippen LogP contribution in [0.25, 0.3) is 10.8 Å². The number of pyridine rings is 1. The standard InChI is InChI=1S/C12H13N3O2/c1-15(7-12(16)17)11-3-2-10(13)9-6-14-5-4-8(9)11/h2-6H,7,13H2,1H3,(H,16,17). The van der Waals surface area contributed by atoms with Gasteiger partial charge in [0.05, 0.1) is 0 Å². The Morgan fingerprint density at radius 1 is 1.41 bits per heavy atom. The molecule has 17 heavy (non-hydrogen) atoms. The molecule has 0 unspecified atom stereocenters. The summed E-state index contributed by atoms with van der Waals surface area (Å²) in [6, 6.07) is 5.41. The van der Waals surface area contributed by atoms with Crippen molar-refractivity contribution >= 4 is 28.1 Å². The number of hydrogen-bond acceptors (Lipinski definition) is 4. The monoisotopic (exact) mass is 231 g/mol. The Morgan fingerprint density at radius 2 is 2.18 bits per heavy atom. The molecule has 0 aliphatic rings. The summed E-state index contributed by atoms with van der Waals surface area (Å²) in [5.74, 6) is -0.869. The van der Waals surface area contributed by atoms with Gasteiger partial charge in [-0.15, -0.1) is 0 Å². The number of nitrogens with zero attached hydrogens (tertiary/aromatic N) is 2. The predicted molar refractivity (Wildman–Crippen MR) is 67.1 cm³/mol. The molecule has 3 N–H and O–H groups in total. The lowest BCUT2D eigenvalue weighted by atomic mass is 10.1. The van der Waals surface area contributed by atoms with Crippen LogP contribution in [-0.2, 0) is 4.79 Å². The SMILES string of the molecule is CN(CC(=O)O)c1ccc(N)c2cnccc12. The zero-order chi connectivity index (χ0) is 12.4. The quantitative estimate of drug-likeness (QED) is 0.779. The fourth-order valence-corrected chi connectivity index (χ4v) is 1.82. The van der Waals surface area contributed by atoms with Crippen LogP contribution in [0.1, 0.15) is 0 Å². The average molecular weight is 231 g/mol. The zero-order valence-corrected chi connectivity index (χ0v) is 9.42. The van der Waals surface area contributed by atoms with Crippen molar-refractivity contribution in [2.75, 3.05) is 24.2 Å². The normalized spacial score (nSPS) is 10.4. The van der Waals surface area contributed by atoms with Crippen molar-refractivity contribution in [1.29, 1.82) is 0 Å². The molecule has 1 aromatic heterocycles. The molecule has 5 nitrogen and oxygen atoms in total. The number of hydrogen-bond donors (Lipinski definition) is 2. The minimum atomic E-state index is -0.869. The second kappa shape index (κ2) is 4.29. The molecule has 0 fully saturated rings. The fourth-order valence-electron chi connectivity index (χ4n) is 1.82. The first-order valence-electron chi connectivity index (χ1n) is 5.14. The molecule has 1 heterocycles. The van der Waals surface area contributed by atoms with E-state index >= 15 is 0 Å². The maximum absolute atomic E-state index is 10.7. The van der Waals surface area contributed by atoms with Gasteiger partial charge in [0.15, 0.2) is 0 Å². The van der Waals surface area contributed by atoms with E-state index < -0.39 is 5.97 Å². The van der Waals surface area contributed by atoms with Crippen molar-refractivity contribution < 1.29 is 9.90 Å². The van der Waals surface area contributed by atoms with Crippen LogP contribution in [0.5, 0.6) is 0 Å². The summed E-state index contributed by atoms with van der Waals surface area (Å²) in [6.45, 7) is -0.0542. The average Bonchev–Trinajstić information content (AvgIpc) is 2.29. The van der Waals surface area contributed by atoms with Gasteiger partial charge in [-0.3, -0.25) is 9.78 Å². The number of fused-ring (bicyclic) bond motifs is 1. The summed E-state index contributed by atoms with van der Waals surface area (Å²) in [4.78, 5) is 16.4. The molecule has 0 aliphatic heterocycles. The second-order valence-electron chi connectivity index (χ2n) is 3.84. The van der Waals surface area contributed by atoms with Gasteiger partial charge in [-0.05, 0) is 18.2 Å². The molecule has 0 atom stereocenters. The summed E-state index contributed by atoms with van der Waals surface area (Å²) in [5, 5.41) is 10.5. The number of nitrogens with two attached hydrogens (primary N) is 1. The summed E-state index contributed by atoms with van der Waals surface area (Å²) in [5.41, 5.74) is 7.32. The molecule has 0 amide bonds. The van der Waals surface area contributed by atoms with E-state index in [2.05, 4.69) is 4.98 Å². The maximum atomic E-state index is 10.7. The third-order valence-corrected chi connectivity index (χ3v) is 2.61. The van der Waals surface area contributed by atoms with Gasteiger partial charge in [0.25, 0.3) is 0 Å². The number of carboxylic acid groups (broad SMARTS) is 1. The van der Waals surface area contributed by atoms with Gasteiger partial charge < -0.3 is 15.7 Å². The number of anilines is 2. The number of benzene rings is 1. The smallest absolute Gasteiger partial charge is 0.323 e. The number of nitrogen functional groups attached to an aromatic ring is 1. The Bertz CT molecular complexity index is 569. The molecule has 2 aromatic rings. The Kier molecular flexibility index (Phi) is 2.82. The first-order chi connectivity index (χ1) is 8.09. The number of aliphatic carboxylic acids is 1. The van der Waals surface area contributed by atoms with Crippen LogP contribution in [0.3, 0.4) is 0 Å². The van der Waals surface area contributed by atoms with E-state index in [1.165, 1.54) is 0 Å². The topological polar surface area (TPSA) is 79.5 Å². The van der Waals surface area contributed by atoms with Crippen molar-refractivity contribution in [3.8, 4) is 0 Å². The summed E-state index contributed by atoms with van der Waals surface area (Å²) >= 11 is 0. The second-order valence-corrected chi connectivity index (χ2v) is 3.84. The molecule has 0 radical (unpaired) electrons. The molecule has 0 aliphatic carbocycles. The Balaban J connectivity index is 2.55. The van der Waals surface area contributed by atoms with Gasteiger partial charge in [0, 0.05) is 41.6 Å². The van der Waals surface area contributed by atoms with E-state index in [0.717, 1.165) is 16.5 Å². The van der Waals surface area contributed by atoms with E-state index in [9.17, 15) is 4.79 Å². The van der Waals surface area contributed by atoms with E-state index in [1.807, 2.05) is 12.1 Å². The van der Waals surface area contributed by atoms with Crippen LogP contribution in [0, 0.1) is 0 Å². The minimum Gasteiger partial charge on any atom is -0.480 e. The van der Waals surface area contributed by atoms with Gasteiger partial charge in [-0.25, -0.2) is 0 Å². The molecule has 88 valence electrons. The molecule has 0 saturated heterocycles. The summed E-state index contributed by atoms with van der Waals surface area (Å²) < 4.78 is 0. The summed E-state index contributed by atoms with van der Waals surface area (Å²) in [6.07, 6.45) is 3.35.